The molecule has 0 saturated carbocycles. The van der Waals surface area contributed by atoms with Gasteiger partial charge in [0.15, 0.2) is 0 Å². The van der Waals surface area contributed by atoms with E-state index < -0.39 is 0 Å². The highest BCUT2D eigenvalue weighted by Gasteiger charge is 2.20. The highest BCUT2D eigenvalue weighted by molar-refractivity contribution is 5.93. The molecule has 0 bridgehead atoms. The fraction of sp³-hybridized carbons (Fsp3) is 0.176. The van der Waals surface area contributed by atoms with E-state index in [-0.39, 0.29) is 6.73 Å². The van der Waals surface area contributed by atoms with Gasteiger partial charge in [-0.1, -0.05) is 42.5 Å². The molecule has 1 aliphatic heterocycles. The molecule has 0 spiro atoms. The Balaban J connectivity index is 2.30. The molecule has 0 amide bonds. The molecule has 0 unspecified atom stereocenters. The third-order valence-corrected chi connectivity index (χ3v) is 3.82. The maximum Gasteiger partial charge on any atom is 0.113 e. The maximum absolute atomic E-state index is 9.32. The van der Waals surface area contributed by atoms with Crippen molar-refractivity contribution in [3.8, 4) is 0 Å². The van der Waals surface area contributed by atoms with Gasteiger partial charge in [0.05, 0.1) is 11.4 Å². The Hall–Kier alpha value is -2.46. The van der Waals surface area contributed by atoms with Crippen LogP contribution in [0.15, 0.2) is 48.5 Å². The van der Waals surface area contributed by atoms with E-state index in [2.05, 4.69) is 29.4 Å². The van der Waals surface area contributed by atoms with Crippen molar-refractivity contribution in [1.82, 2.24) is 5.32 Å². The SMILES string of the molecule is CN1Cc2ccccc2C(N)=C(NCO)c2ccccc21. The first kappa shape index (κ1) is 13.5. The van der Waals surface area contributed by atoms with Crippen LogP contribution in [0.5, 0.6) is 0 Å². The number of fused-ring (bicyclic) bond motifs is 2. The second kappa shape index (κ2) is 5.50. The number of nitrogens with two attached hydrogens (primary N) is 1. The van der Waals surface area contributed by atoms with Crippen molar-refractivity contribution in [2.45, 2.75) is 6.54 Å². The monoisotopic (exact) mass is 281 g/mol. The van der Waals surface area contributed by atoms with Crippen molar-refractivity contribution in [3.63, 3.8) is 0 Å². The summed E-state index contributed by atoms with van der Waals surface area (Å²) in [6, 6.07) is 16.2. The van der Waals surface area contributed by atoms with Crippen molar-refractivity contribution in [2.24, 2.45) is 5.73 Å². The van der Waals surface area contributed by atoms with Crippen molar-refractivity contribution < 1.29 is 5.11 Å². The van der Waals surface area contributed by atoms with E-state index in [4.69, 9.17) is 5.73 Å². The topological polar surface area (TPSA) is 61.5 Å². The van der Waals surface area contributed by atoms with Gasteiger partial charge in [0.25, 0.3) is 0 Å². The quantitative estimate of drug-likeness (QED) is 0.736. The number of nitrogens with one attached hydrogen (secondary N) is 1. The van der Waals surface area contributed by atoms with Gasteiger partial charge >= 0.3 is 0 Å². The zero-order chi connectivity index (χ0) is 14.8. The summed E-state index contributed by atoms with van der Waals surface area (Å²) in [6.45, 7) is 0.635. The maximum atomic E-state index is 9.32. The van der Waals surface area contributed by atoms with Gasteiger partial charge in [0, 0.05) is 30.4 Å². The smallest absolute Gasteiger partial charge is 0.113 e. The van der Waals surface area contributed by atoms with Crippen LogP contribution >= 0.6 is 0 Å². The van der Waals surface area contributed by atoms with E-state index >= 15 is 0 Å². The number of hydrogen-bond acceptors (Lipinski definition) is 4. The van der Waals surface area contributed by atoms with Crippen LogP contribution in [-0.4, -0.2) is 18.9 Å². The fourth-order valence-electron chi connectivity index (χ4n) is 2.83. The lowest BCUT2D eigenvalue weighted by Gasteiger charge is -2.28. The third-order valence-electron chi connectivity index (χ3n) is 3.82. The van der Waals surface area contributed by atoms with Gasteiger partial charge in [-0.25, -0.2) is 0 Å². The average Bonchev–Trinajstić information content (AvgIpc) is 2.51. The molecule has 0 saturated heterocycles. The molecule has 1 heterocycles. The lowest BCUT2D eigenvalue weighted by Crippen LogP contribution is -2.25. The van der Waals surface area contributed by atoms with Crippen LogP contribution < -0.4 is 16.0 Å². The summed E-state index contributed by atoms with van der Waals surface area (Å²) in [5.41, 5.74) is 12.1. The molecule has 4 N–H and O–H groups in total. The van der Waals surface area contributed by atoms with E-state index in [0.29, 0.717) is 5.70 Å². The first-order valence-electron chi connectivity index (χ1n) is 6.95. The molecule has 0 aliphatic carbocycles. The first-order chi connectivity index (χ1) is 10.2. The molecule has 0 atom stereocenters. The highest BCUT2D eigenvalue weighted by atomic mass is 16.3. The lowest BCUT2D eigenvalue weighted by atomic mass is 9.96. The summed E-state index contributed by atoms with van der Waals surface area (Å²) in [7, 11) is 2.06. The molecule has 0 radical (unpaired) electrons. The number of aliphatic hydroxyl groups is 1. The standard InChI is InChI=1S/C17H19N3O/c1-20-10-12-6-2-3-7-13(12)16(18)17(19-11-21)14-8-4-5-9-15(14)20/h2-9,19,21H,10-11,18H2,1H3. The van der Waals surface area contributed by atoms with Crippen LogP contribution in [0, 0.1) is 0 Å². The number of para-hydroxylation sites is 1. The average molecular weight is 281 g/mol. The van der Waals surface area contributed by atoms with E-state index in [9.17, 15) is 5.11 Å². The molecule has 0 aromatic heterocycles. The van der Waals surface area contributed by atoms with Crippen LogP contribution in [0.2, 0.25) is 0 Å². The molecule has 2 aromatic carbocycles. The normalized spacial score (nSPS) is 14.1. The summed E-state index contributed by atoms with van der Waals surface area (Å²) in [5.74, 6) is 0. The predicted molar refractivity (Wildman–Crippen MR) is 86.2 cm³/mol. The Morgan fingerprint density at radius 3 is 2.52 bits per heavy atom. The van der Waals surface area contributed by atoms with Crippen molar-refractivity contribution in [2.75, 3.05) is 18.7 Å². The lowest BCUT2D eigenvalue weighted by molar-refractivity contribution is 0.283. The molecule has 0 fully saturated rings. The molecule has 4 heteroatoms. The molecule has 2 aromatic rings. The minimum absolute atomic E-state index is 0.156. The third kappa shape index (κ3) is 2.34. The Labute approximate surface area is 124 Å². The van der Waals surface area contributed by atoms with Crippen molar-refractivity contribution in [1.29, 1.82) is 0 Å². The number of rotatable bonds is 2. The van der Waals surface area contributed by atoms with Gasteiger partial charge in [0.2, 0.25) is 0 Å². The van der Waals surface area contributed by atoms with Crippen molar-refractivity contribution >= 4 is 17.1 Å². The number of anilines is 1. The molecular formula is C17H19N3O. The molecule has 1 aliphatic rings. The second-order valence-corrected chi connectivity index (χ2v) is 5.15. The van der Waals surface area contributed by atoms with E-state index in [1.54, 1.807) is 0 Å². The Morgan fingerprint density at radius 2 is 1.76 bits per heavy atom. The first-order valence-corrected chi connectivity index (χ1v) is 6.95. The van der Waals surface area contributed by atoms with Crippen molar-refractivity contribution in [3.05, 3.63) is 65.2 Å². The van der Waals surface area contributed by atoms with Gasteiger partial charge in [0.1, 0.15) is 6.73 Å². The number of benzene rings is 2. The van der Waals surface area contributed by atoms with Crippen LogP contribution in [-0.2, 0) is 6.54 Å². The molecule has 4 nitrogen and oxygen atoms in total. The minimum Gasteiger partial charge on any atom is -0.397 e. The largest absolute Gasteiger partial charge is 0.397 e. The highest BCUT2D eigenvalue weighted by Crippen LogP contribution is 2.33. The van der Waals surface area contributed by atoms with Gasteiger partial charge in [-0.15, -0.1) is 0 Å². The predicted octanol–water partition coefficient (Wildman–Crippen LogP) is 1.96. The van der Waals surface area contributed by atoms with Crippen LogP contribution in [0.25, 0.3) is 11.4 Å². The summed E-state index contributed by atoms with van der Waals surface area (Å²) in [5, 5.41) is 12.3. The zero-order valence-corrected chi connectivity index (χ0v) is 12.0. The molecule has 21 heavy (non-hydrogen) atoms. The summed E-state index contributed by atoms with van der Waals surface area (Å²) >= 11 is 0. The second-order valence-electron chi connectivity index (χ2n) is 5.15. The van der Waals surface area contributed by atoms with Crippen LogP contribution in [0.3, 0.4) is 0 Å². The van der Waals surface area contributed by atoms with Gasteiger partial charge in [-0.05, 0) is 11.6 Å². The Morgan fingerprint density at radius 1 is 1.10 bits per heavy atom. The van der Waals surface area contributed by atoms with E-state index in [1.807, 2.05) is 36.4 Å². The minimum atomic E-state index is -0.156. The molecule has 3 rings (SSSR count). The van der Waals surface area contributed by atoms with Gasteiger partial charge in [-0.2, -0.15) is 0 Å². The Bertz CT molecular complexity index is 694. The molecule has 108 valence electrons. The summed E-state index contributed by atoms with van der Waals surface area (Å²) < 4.78 is 0. The number of nitrogens with zero attached hydrogens (tertiary/aromatic N) is 1. The zero-order valence-electron chi connectivity index (χ0n) is 12.0. The van der Waals surface area contributed by atoms with E-state index in [1.165, 1.54) is 5.56 Å². The summed E-state index contributed by atoms with van der Waals surface area (Å²) in [4.78, 5) is 2.19. The number of hydrogen-bond donors (Lipinski definition) is 3. The van der Waals surface area contributed by atoms with Crippen LogP contribution in [0.4, 0.5) is 5.69 Å². The molecular weight excluding hydrogens is 262 g/mol. The fourth-order valence-corrected chi connectivity index (χ4v) is 2.83. The van der Waals surface area contributed by atoms with Gasteiger partial charge in [-0.3, -0.25) is 0 Å². The van der Waals surface area contributed by atoms with Gasteiger partial charge < -0.3 is 21.1 Å². The Kier molecular flexibility index (Phi) is 3.54. The van der Waals surface area contributed by atoms with E-state index in [0.717, 1.165) is 29.1 Å². The van der Waals surface area contributed by atoms with Crippen LogP contribution in [0.1, 0.15) is 16.7 Å². The number of aliphatic hydroxyl groups excluding tert-OH is 1. The summed E-state index contributed by atoms with van der Waals surface area (Å²) in [6.07, 6.45) is 0.